The predicted molar refractivity (Wildman–Crippen MR) is 64.1 cm³/mol. The molecule has 1 aromatic rings. The van der Waals surface area contributed by atoms with Gasteiger partial charge in [-0.3, -0.25) is 0 Å². The van der Waals surface area contributed by atoms with Crippen LogP contribution in [-0.4, -0.2) is 28.3 Å². The normalized spacial score (nSPS) is 11.5. The van der Waals surface area contributed by atoms with Crippen LogP contribution in [0.4, 0.5) is 10.1 Å². The fourth-order valence-corrected chi connectivity index (χ4v) is 2.02. The van der Waals surface area contributed by atoms with Crippen LogP contribution in [-0.2, 0) is 15.5 Å². The molecule has 0 aliphatic carbocycles. The second kappa shape index (κ2) is 5.01. The van der Waals surface area contributed by atoms with E-state index in [-0.39, 0.29) is 18.0 Å². The molecule has 0 heterocycles. The highest BCUT2D eigenvalue weighted by Gasteiger charge is 2.08. The third-order valence-corrected chi connectivity index (χ3v) is 3.28. The predicted octanol–water partition coefficient (Wildman–Crippen LogP) is 2.00. The minimum atomic E-state index is -3.52. The first-order chi connectivity index (χ1) is 7.29. The summed E-state index contributed by atoms with van der Waals surface area (Å²) in [5, 5.41) is 0. The zero-order chi connectivity index (χ0) is 12.3. The first-order valence-electron chi connectivity index (χ1n) is 4.67. The van der Waals surface area contributed by atoms with E-state index in [4.69, 9.17) is 10.7 Å². The molecule has 0 amide bonds. The number of halogens is 2. The molecule has 0 unspecified atom stereocenters. The van der Waals surface area contributed by atoms with Gasteiger partial charge in [0.1, 0.15) is 5.82 Å². The monoisotopic (exact) mass is 265 g/mol. The SMILES string of the molecule is CN(C)c1ccc(CCS(=O)(=O)Cl)cc1F. The first-order valence-corrected chi connectivity index (χ1v) is 7.15. The molecule has 0 radical (unpaired) electrons. The van der Waals surface area contributed by atoms with E-state index in [0.29, 0.717) is 11.3 Å². The lowest BCUT2D eigenvalue weighted by atomic mass is 10.1. The van der Waals surface area contributed by atoms with E-state index in [1.54, 1.807) is 31.1 Å². The van der Waals surface area contributed by atoms with Crippen LogP contribution in [0.25, 0.3) is 0 Å². The van der Waals surface area contributed by atoms with Gasteiger partial charge in [-0.2, -0.15) is 0 Å². The second-order valence-corrected chi connectivity index (χ2v) is 6.57. The summed E-state index contributed by atoms with van der Waals surface area (Å²) in [4.78, 5) is 1.65. The highest BCUT2D eigenvalue weighted by atomic mass is 35.7. The molecule has 0 spiro atoms. The second-order valence-electron chi connectivity index (χ2n) is 3.67. The van der Waals surface area contributed by atoms with Gasteiger partial charge in [0, 0.05) is 24.8 Å². The summed E-state index contributed by atoms with van der Waals surface area (Å²) < 4.78 is 35.0. The molecule has 0 saturated heterocycles. The quantitative estimate of drug-likeness (QED) is 0.782. The fraction of sp³-hybridized carbons (Fsp3) is 0.400. The number of aryl methyl sites for hydroxylation is 1. The van der Waals surface area contributed by atoms with Gasteiger partial charge in [0.15, 0.2) is 0 Å². The zero-order valence-corrected chi connectivity index (χ0v) is 10.6. The lowest BCUT2D eigenvalue weighted by Gasteiger charge is -2.13. The molecule has 0 aromatic heterocycles. The topological polar surface area (TPSA) is 37.4 Å². The zero-order valence-electron chi connectivity index (χ0n) is 9.07. The molecule has 0 saturated carbocycles. The van der Waals surface area contributed by atoms with Crippen LogP contribution in [0.15, 0.2) is 18.2 Å². The number of anilines is 1. The number of nitrogens with zero attached hydrogens (tertiary/aromatic N) is 1. The largest absolute Gasteiger partial charge is 0.375 e. The Balaban J connectivity index is 2.82. The molecule has 6 heteroatoms. The van der Waals surface area contributed by atoms with E-state index in [9.17, 15) is 12.8 Å². The maximum Gasteiger partial charge on any atom is 0.232 e. The van der Waals surface area contributed by atoms with Crippen LogP contribution in [0, 0.1) is 5.82 Å². The Morgan fingerprint density at radius 1 is 1.38 bits per heavy atom. The number of hydrogen-bond acceptors (Lipinski definition) is 3. The van der Waals surface area contributed by atoms with E-state index < -0.39 is 9.05 Å². The molecular formula is C10H13ClFNO2S. The Morgan fingerprint density at radius 3 is 2.44 bits per heavy atom. The Labute approximate surface area is 99.2 Å². The highest BCUT2D eigenvalue weighted by Crippen LogP contribution is 2.18. The highest BCUT2D eigenvalue weighted by molar-refractivity contribution is 8.13. The Hall–Kier alpha value is -0.810. The van der Waals surface area contributed by atoms with Crippen molar-refractivity contribution in [2.75, 3.05) is 24.7 Å². The molecule has 0 aliphatic rings. The summed E-state index contributed by atoms with van der Waals surface area (Å²) in [5.74, 6) is -0.551. The van der Waals surface area contributed by atoms with Crippen molar-refractivity contribution in [1.82, 2.24) is 0 Å². The van der Waals surface area contributed by atoms with E-state index in [1.165, 1.54) is 6.07 Å². The van der Waals surface area contributed by atoms with E-state index >= 15 is 0 Å². The lowest BCUT2D eigenvalue weighted by Crippen LogP contribution is -2.11. The van der Waals surface area contributed by atoms with Crippen molar-refractivity contribution < 1.29 is 12.8 Å². The van der Waals surface area contributed by atoms with Crippen LogP contribution < -0.4 is 4.90 Å². The maximum atomic E-state index is 13.5. The molecule has 1 aromatic carbocycles. The van der Waals surface area contributed by atoms with Gasteiger partial charge in [0.05, 0.1) is 11.4 Å². The van der Waals surface area contributed by atoms with Crippen molar-refractivity contribution in [3.63, 3.8) is 0 Å². The summed E-state index contributed by atoms with van der Waals surface area (Å²) in [6, 6.07) is 4.64. The summed E-state index contributed by atoms with van der Waals surface area (Å²) in [5.41, 5.74) is 1.09. The van der Waals surface area contributed by atoms with Crippen molar-refractivity contribution in [1.29, 1.82) is 0 Å². The first kappa shape index (κ1) is 13.3. The molecule has 1 rings (SSSR count). The van der Waals surface area contributed by atoms with Crippen LogP contribution in [0.5, 0.6) is 0 Å². The third kappa shape index (κ3) is 3.98. The lowest BCUT2D eigenvalue weighted by molar-refractivity contribution is 0.607. The van der Waals surface area contributed by atoms with E-state index in [0.717, 1.165) is 0 Å². The molecular weight excluding hydrogens is 253 g/mol. The van der Waals surface area contributed by atoms with Crippen LogP contribution >= 0.6 is 10.7 Å². The Kier molecular flexibility index (Phi) is 4.15. The van der Waals surface area contributed by atoms with Crippen molar-refractivity contribution in [3.8, 4) is 0 Å². The van der Waals surface area contributed by atoms with Crippen LogP contribution in [0.3, 0.4) is 0 Å². The summed E-state index contributed by atoms with van der Waals surface area (Å²) in [6.45, 7) is 0. The van der Waals surface area contributed by atoms with Crippen LogP contribution in [0.1, 0.15) is 5.56 Å². The van der Waals surface area contributed by atoms with E-state index in [2.05, 4.69) is 0 Å². The van der Waals surface area contributed by atoms with Gasteiger partial charge in [-0.05, 0) is 24.1 Å². The molecule has 90 valence electrons. The summed E-state index contributed by atoms with van der Waals surface area (Å²) in [6.07, 6.45) is 0.219. The Morgan fingerprint density at radius 2 is 2.00 bits per heavy atom. The molecule has 0 aliphatic heterocycles. The van der Waals surface area contributed by atoms with Gasteiger partial charge in [0.25, 0.3) is 0 Å². The number of hydrogen-bond donors (Lipinski definition) is 0. The number of rotatable bonds is 4. The van der Waals surface area contributed by atoms with Crippen molar-refractivity contribution in [3.05, 3.63) is 29.6 Å². The van der Waals surface area contributed by atoms with E-state index in [1.807, 2.05) is 0 Å². The molecule has 16 heavy (non-hydrogen) atoms. The number of benzene rings is 1. The molecule has 3 nitrogen and oxygen atoms in total. The van der Waals surface area contributed by atoms with Crippen molar-refractivity contribution in [2.45, 2.75) is 6.42 Å². The fourth-order valence-electron chi connectivity index (χ4n) is 1.31. The minimum absolute atomic E-state index is 0.185. The molecule has 0 N–H and O–H groups in total. The standard InChI is InChI=1S/C10H13ClFNO2S/c1-13(2)10-4-3-8(7-9(10)12)5-6-16(11,14)15/h3-4,7H,5-6H2,1-2H3. The minimum Gasteiger partial charge on any atom is -0.375 e. The smallest absolute Gasteiger partial charge is 0.232 e. The van der Waals surface area contributed by atoms with Gasteiger partial charge in [-0.25, -0.2) is 12.8 Å². The van der Waals surface area contributed by atoms with Gasteiger partial charge in [-0.1, -0.05) is 6.07 Å². The molecule has 0 fully saturated rings. The Bertz CT molecular complexity index is 474. The maximum absolute atomic E-state index is 13.5. The van der Waals surface area contributed by atoms with Crippen molar-refractivity contribution in [2.24, 2.45) is 0 Å². The third-order valence-electron chi connectivity index (χ3n) is 2.13. The molecule has 0 atom stereocenters. The molecule has 0 bridgehead atoms. The van der Waals surface area contributed by atoms with Crippen LogP contribution in [0.2, 0.25) is 0 Å². The van der Waals surface area contributed by atoms with Gasteiger partial charge in [0.2, 0.25) is 9.05 Å². The summed E-state index contributed by atoms with van der Waals surface area (Å²) >= 11 is 0. The van der Waals surface area contributed by atoms with Gasteiger partial charge >= 0.3 is 0 Å². The average Bonchev–Trinajstić information content (AvgIpc) is 2.13. The average molecular weight is 266 g/mol. The van der Waals surface area contributed by atoms with Gasteiger partial charge in [-0.15, -0.1) is 0 Å². The van der Waals surface area contributed by atoms with Crippen molar-refractivity contribution >= 4 is 25.4 Å². The van der Waals surface area contributed by atoms with Gasteiger partial charge < -0.3 is 4.90 Å². The summed E-state index contributed by atoms with van der Waals surface area (Å²) in [7, 11) is 5.03.